The van der Waals surface area contributed by atoms with Crippen LogP contribution < -0.4 is 11.1 Å². The molecule has 3 N–H and O–H groups in total. The number of hydrogen-bond donors (Lipinski definition) is 2. The lowest BCUT2D eigenvalue weighted by molar-refractivity contribution is 0.0693. The third-order valence-corrected chi connectivity index (χ3v) is 2.51. The fraction of sp³-hybridized carbons (Fsp3) is 0.417. The van der Waals surface area contributed by atoms with Gasteiger partial charge in [-0.3, -0.25) is 4.79 Å². The van der Waals surface area contributed by atoms with Gasteiger partial charge in [0.2, 0.25) is 0 Å². The van der Waals surface area contributed by atoms with Crippen LogP contribution >= 0.6 is 24.0 Å². The molecule has 0 aliphatic heterocycles. The summed E-state index contributed by atoms with van der Waals surface area (Å²) in [7, 11) is 1.61. The molecule has 0 aliphatic carbocycles. The monoisotopic (exact) mass is 308 g/mol. The Morgan fingerprint density at radius 1 is 1.37 bits per heavy atom. The van der Waals surface area contributed by atoms with Crippen molar-refractivity contribution in [2.75, 3.05) is 39.2 Å². The van der Waals surface area contributed by atoms with E-state index in [-0.39, 0.29) is 18.3 Å². The Hall–Kier alpha value is -1.01. The van der Waals surface area contributed by atoms with Gasteiger partial charge < -0.3 is 20.5 Å². The van der Waals surface area contributed by atoms with Gasteiger partial charge in [0.25, 0.3) is 5.91 Å². The van der Waals surface area contributed by atoms with Gasteiger partial charge in [-0.15, -0.1) is 12.4 Å². The number of methoxy groups -OCH3 is 1. The van der Waals surface area contributed by atoms with Gasteiger partial charge in [-0.2, -0.15) is 0 Å². The number of benzene rings is 1. The first-order chi connectivity index (χ1) is 8.65. The Kier molecular flexibility index (Phi) is 9.34. The lowest BCUT2D eigenvalue weighted by atomic mass is 10.2. The fourth-order valence-corrected chi connectivity index (χ4v) is 1.57. The molecule has 0 radical (unpaired) electrons. The molecule has 0 spiro atoms. The number of nitrogens with two attached hydrogens (primary N) is 1. The van der Waals surface area contributed by atoms with E-state index in [0.29, 0.717) is 42.6 Å². The highest BCUT2D eigenvalue weighted by Gasteiger charge is 2.09. The minimum atomic E-state index is -0.240. The molecule has 1 aromatic carbocycles. The van der Waals surface area contributed by atoms with Gasteiger partial charge in [-0.25, -0.2) is 0 Å². The zero-order valence-corrected chi connectivity index (χ0v) is 12.2. The first-order valence-corrected chi connectivity index (χ1v) is 5.93. The van der Waals surface area contributed by atoms with E-state index in [0.717, 1.165) is 0 Å². The summed E-state index contributed by atoms with van der Waals surface area (Å²) in [5.74, 6) is -0.240. The Morgan fingerprint density at radius 2 is 2.11 bits per heavy atom. The molecule has 0 bridgehead atoms. The van der Waals surface area contributed by atoms with Crippen LogP contribution in [0.5, 0.6) is 0 Å². The number of nitrogen functional groups attached to an aromatic ring is 1. The number of anilines is 1. The maximum absolute atomic E-state index is 11.7. The summed E-state index contributed by atoms with van der Waals surface area (Å²) in [4.78, 5) is 11.7. The number of halogens is 2. The van der Waals surface area contributed by atoms with Crippen molar-refractivity contribution in [3.05, 3.63) is 28.8 Å². The van der Waals surface area contributed by atoms with Crippen LogP contribution in [0.1, 0.15) is 10.4 Å². The van der Waals surface area contributed by atoms with E-state index in [4.69, 9.17) is 26.8 Å². The largest absolute Gasteiger partial charge is 0.399 e. The molecular weight excluding hydrogens is 291 g/mol. The van der Waals surface area contributed by atoms with Crippen LogP contribution in [0, 0.1) is 0 Å². The molecule has 0 aliphatic rings. The first-order valence-electron chi connectivity index (χ1n) is 5.55. The number of rotatable bonds is 7. The summed E-state index contributed by atoms with van der Waals surface area (Å²) < 4.78 is 10.0. The highest BCUT2D eigenvalue weighted by Crippen LogP contribution is 2.18. The van der Waals surface area contributed by atoms with E-state index < -0.39 is 0 Å². The zero-order valence-electron chi connectivity index (χ0n) is 10.6. The topological polar surface area (TPSA) is 73.6 Å². The molecule has 0 atom stereocenters. The summed E-state index contributed by atoms with van der Waals surface area (Å²) in [5.41, 5.74) is 6.48. The molecular formula is C12H18Cl2N2O3. The molecule has 1 rings (SSSR count). The minimum absolute atomic E-state index is 0. The Balaban J connectivity index is 0.00000324. The zero-order chi connectivity index (χ0) is 13.4. The highest BCUT2D eigenvalue weighted by molar-refractivity contribution is 6.34. The summed E-state index contributed by atoms with van der Waals surface area (Å²) >= 11 is 5.92. The Bertz CT molecular complexity index is 403. The van der Waals surface area contributed by atoms with E-state index in [2.05, 4.69) is 5.32 Å². The Labute approximate surface area is 123 Å². The number of carbonyl (C=O) groups excluding carboxylic acids is 1. The van der Waals surface area contributed by atoms with E-state index in [1.807, 2.05) is 0 Å². The van der Waals surface area contributed by atoms with E-state index in [9.17, 15) is 4.79 Å². The van der Waals surface area contributed by atoms with Gasteiger partial charge in [0.05, 0.1) is 30.4 Å². The van der Waals surface area contributed by atoms with Gasteiger partial charge in [-0.1, -0.05) is 11.6 Å². The quantitative estimate of drug-likeness (QED) is 0.594. The molecule has 1 amide bonds. The van der Waals surface area contributed by atoms with Crippen molar-refractivity contribution >= 4 is 35.6 Å². The molecule has 1 aromatic rings. The predicted molar refractivity (Wildman–Crippen MR) is 78.1 cm³/mol. The standard InChI is InChI=1S/C12H17ClN2O3.ClH/c1-17-6-7-18-5-4-15-12(16)10-3-2-9(14)8-11(10)13;/h2-3,8H,4-7,14H2,1H3,(H,15,16);1H. The van der Waals surface area contributed by atoms with Crippen LogP contribution in [0.3, 0.4) is 0 Å². The molecule has 0 fully saturated rings. The normalized spacial score (nSPS) is 9.79. The van der Waals surface area contributed by atoms with Crippen molar-refractivity contribution in [1.82, 2.24) is 5.32 Å². The van der Waals surface area contributed by atoms with E-state index >= 15 is 0 Å². The van der Waals surface area contributed by atoms with Gasteiger partial charge in [0.15, 0.2) is 0 Å². The second-order valence-corrected chi connectivity index (χ2v) is 4.01. The Morgan fingerprint density at radius 3 is 2.74 bits per heavy atom. The van der Waals surface area contributed by atoms with Crippen LogP contribution in [0.15, 0.2) is 18.2 Å². The maximum atomic E-state index is 11.7. The van der Waals surface area contributed by atoms with Crippen LogP contribution in [0.25, 0.3) is 0 Å². The molecule has 0 aromatic heterocycles. The summed E-state index contributed by atoms with van der Waals surface area (Å²) in [6, 6.07) is 4.78. The molecule has 108 valence electrons. The fourth-order valence-electron chi connectivity index (χ4n) is 1.29. The second kappa shape index (κ2) is 9.86. The molecule has 5 nitrogen and oxygen atoms in total. The van der Waals surface area contributed by atoms with Gasteiger partial charge in [0.1, 0.15) is 0 Å². The van der Waals surface area contributed by atoms with Crippen LogP contribution in [0.2, 0.25) is 5.02 Å². The average Bonchev–Trinajstić information content (AvgIpc) is 2.33. The predicted octanol–water partition coefficient (Wildman–Crippen LogP) is 1.74. The second-order valence-electron chi connectivity index (χ2n) is 3.60. The van der Waals surface area contributed by atoms with Crippen molar-refractivity contribution in [2.45, 2.75) is 0 Å². The molecule has 7 heteroatoms. The number of ether oxygens (including phenoxy) is 2. The van der Waals surface area contributed by atoms with Gasteiger partial charge in [0, 0.05) is 19.3 Å². The number of nitrogens with one attached hydrogen (secondary N) is 1. The summed E-state index contributed by atoms with van der Waals surface area (Å²) in [6.45, 7) is 1.90. The SMILES string of the molecule is COCCOCCNC(=O)c1ccc(N)cc1Cl.Cl. The molecule has 0 saturated carbocycles. The molecule has 0 heterocycles. The van der Waals surface area contributed by atoms with Crippen molar-refractivity contribution < 1.29 is 14.3 Å². The van der Waals surface area contributed by atoms with Crippen LogP contribution in [-0.2, 0) is 9.47 Å². The summed E-state index contributed by atoms with van der Waals surface area (Å²) in [6.07, 6.45) is 0. The van der Waals surface area contributed by atoms with E-state index in [1.54, 1.807) is 25.3 Å². The highest BCUT2D eigenvalue weighted by atomic mass is 35.5. The van der Waals surface area contributed by atoms with Gasteiger partial charge >= 0.3 is 0 Å². The van der Waals surface area contributed by atoms with Crippen LogP contribution in [-0.4, -0.2) is 39.4 Å². The lowest BCUT2D eigenvalue weighted by Gasteiger charge is -2.07. The van der Waals surface area contributed by atoms with E-state index in [1.165, 1.54) is 0 Å². The van der Waals surface area contributed by atoms with Crippen LogP contribution in [0.4, 0.5) is 5.69 Å². The van der Waals surface area contributed by atoms with Crippen molar-refractivity contribution in [2.24, 2.45) is 0 Å². The minimum Gasteiger partial charge on any atom is -0.399 e. The average molecular weight is 309 g/mol. The van der Waals surface area contributed by atoms with Crippen molar-refractivity contribution in [3.63, 3.8) is 0 Å². The third-order valence-electron chi connectivity index (χ3n) is 2.20. The molecule has 0 saturated heterocycles. The molecule has 0 unspecified atom stereocenters. The van der Waals surface area contributed by atoms with Gasteiger partial charge in [-0.05, 0) is 18.2 Å². The maximum Gasteiger partial charge on any atom is 0.252 e. The number of carbonyl (C=O) groups is 1. The van der Waals surface area contributed by atoms with Crippen molar-refractivity contribution in [3.8, 4) is 0 Å². The first kappa shape index (κ1) is 18.0. The number of amides is 1. The third kappa shape index (κ3) is 6.63. The smallest absolute Gasteiger partial charge is 0.252 e. The molecule has 19 heavy (non-hydrogen) atoms. The van der Waals surface area contributed by atoms with Crippen molar-refractivity contribution in [1.29, 1.82) is 0 Å². The lowest BCUT2D eigenvalue weighted by Crippen LogP contribution is -2.27. The summed E-state index contributed by atoms with van der Waals surface area (Å²) in [5, 5.41) is 3.05. The number of hydrogen-bond acceptors (Lipinski definition) is 4.